The predicted octanol–water partition coefficient (Wildman–Crippen LogP) is 4.75. The Bertz CT molecular complexity index is 728. The van der Waals surface area contributed by atoms with Crippen LogP contribution in [0.1, 0.15) is 0 Å². The van der Waals surface area contributed by atoms with Gasteiger partial charge in [-0.2, -0.15) is 0 Å². The number of nitrogens with zero attached hydrogens (tertiary/aromatic N) is 1. The lowest BCUT2D eigenvalue weighted by Crippen LogP contribution is -1.82. The first-order valence-corrected chi connectivity index (χ1v) is 6.93. The van der Waals surface area contributed by atoms with Crippen LogP contribution in [0.15, 0.2) is 64.6 Å². The molecule has 0 amide bonds. The monoisotopic (exact) mass is 287 g/mol. The first-order valence-electron chi connectivity index (χ1n) is 5.74. The lowest BCUT2D eigenvalue weighted by atomic mass is 10.1. The molecule has 0 spiro atoms. The minimum absolute atomic E-state index is 0.295. The number of pyridine rings is 1. The number of hydrogen-bond acceptors (Lipinski definition) is 3. The number of halogens is 1. The van der Waals surface area contributed by atoms with Gasteiger partial charge in [0.05, 0.1) is 5.02 Å². The molecule has 3 aromatic rings. The number of rotatable bonds is 2. The van der Waals surface area contributed by atoms with E-state index in [4.69, 9.17) is 11.6 Å². The second-order valence-electron chi connectivity index (χ2n) is 4.05. The molecule has 19 heavy (non-hydrogen) atoms. The SMILES string of the molecule is Oc1ccc(Sc2ccc(Cl)cn2)c2ccccc12. The fraction of sp³-hybridized carbons (Fsp3) is 0. The number of aromatic nitrogens is 1. The van der Waals surface area contributed by atoms with E-state index in [2.05, 4.69) is 4.98 Å². The quantitative estimate of drug-likeness (QED) is 0.739. The highest BCUT2D eigenvalue weighted by molar-refractivity contribution is 7.99. The minimum atomic E-state index is 0.295. The topological polar surface area (TPSA) is 33.1 Å². The van der Waals surface area contributed by atoms with E-state index < -0.39 is 0 Å². The van der Waals surface area contributed by atoms with Crippen molar-refractivity contribution in [3.05, 3.63) is 59.8 Å². The van der Waals surface area contributed by atoms with E-state index >= 15 is 0 Å². The second-order valence-corrected chi connectivity index (χ2v) is 5.54. The van der Waals surface area contributed by atoms with Gasteiger partial charge in [-0.15, -0.1) is 0 Å². The number of aromatic hydroxyl groups is 1. The molecule has 4 heteroatoms. The van der Waals surface area contributed by atoms with Gasteiger partial charge in [-0.3, -0.25) is 0 Å². The highest BCUT2D eigenvalue weighted by Gasteiger charge is 2.06. The second kappa shape index (κ2) is 5.11. The standard InChI is InChI=1S/C15H10ClNOS/c16-10-5-8-15(17-9-10)19-14-7-6-13(18)11-3-1-2-4-12(11)14/h1-9,18H. The average Bonchev–Trinajstić information content (AvgIpc) is 2.45. The van der Waals surface area contributed by atoms with Gasteiger partial charge in [-0.25, -0.2) is 4.98 Å². The summed E-state index contributed by atoms with van der Waals surface area (Å²) in [5, 5.41) is 13.2. The van der Waals surface area contributed by atoms with Gasteiger partial charge >= 0.3 is 0 Å². The van der Waals surface area contributed by atoms with Crippen molar-refractivity contribution in [1.82, 2.24) is 4.98 Å². The van der Waals surface area contributed by atoms with Crippen molar-refractivity contribution in [3.8, 4) is 5.75 Å². The maximum Gasteiger partial charge on any atom is 0.123 e. The van der Waals surface area contributed by atoms with Crippen molar-refractivity contribution in [1.29, 1.82) is 0 Å². The zero-order valence-corrected chi connectivity index (χ0v) is 11.4. The van der Waals surface area contributed by atoms with E-state index in [0.717, 1.165) is 20.7 Å². The van der Waals surface area contributed by atoms with E-state index in [9.17, 15) is 5.11 Å². The minimum Gasteiger partial charge on any atom is -0.507 e. The summed E-state index contributed by atoms with van der Waals surface area (Å²) in [5.74, 6) is 0.295. The van der Waals surface area contributed by atoms with Crippen LogP contribution in [0.25, 0.3) is 10.8 Å². The van der Waals surface area contributed by atoms with Crippen molar-refractivity contribution in [3.63, 3.8) is 0 Å². The van der Waals surface area contributed by atoms with Crippen LogP contribution in [0.3, 0.4) is 0 Å². The molecule has 1 N–H and O–H groups in total. The molecular formula is C15H10ClNOS. The van der Waals surface area contributed by atoms with E-state index in [0.29, 0.717) is 10.8 Å². The average molecular weight is 288 g/mol. The maximum absolute atomic E-state index is 9.86. The van der Waals surface area contributed by atoms with Crippen LogP contribution in [0.5, 0.6) is 5.75 Å². The number of phenolic OH excluding ortho intramolecular Hbond substituents is 1. The largest absolute Gasteiger partial charge is 0.507 e. The van der Waals surface area contributed by atoms with Crippen LogP contribution in [0.2, 0.25) is 5.02 Å². The van der Waals surface area contributed by atoms with Gasteiger partial charge in [0.2, 0.25) is 0 Å². The summed E-state index contributed by atoms with van der Waals surface area (Å²) in [5.41, 5.74) is 0. The Hall–Kier alpha value is -1.71. The summed E-state index contributed by atoms with van der Waals surface area (Å²) >= 11 is 7.38. The van der Waals surface area contributed by atoms with Crippen LogP contribution in [0.4, 0.5) is 0 Å². The molecule has 94 valence electrons. The van der Waals surface area contributed by atoms with Crippen LogP contribution in [0, 0.1) is 0 Å². The number of fused-ring (bicyclic) bond motifs is 1. The van der Waals surface area contributed by atoms with E-state index in [1.807, 2.05) is 42.5 Å². The molecule has 3 rings (SSSR count). The first-order chi connectivity index (χ1) is 9.24. The molecule has 0 bridgehead atoms. The number of phenols is 1. The third-order valence-corrected chi connectivity index (χ3v) is 4.03. The molecule has 2 aromatic carbocycles. The maximum atomic E-state index is 9.86. The van der Waals surface area contributed by atoms with Crippen molar-refractivity contribution < 1.29 is 5.11 Å². The lowest BCUT2D eigenvalue weighted by molar-refractivity contribution is 0.481. The Morgan fingerprint density at radius 3 is 2.47 bits per heavy atom. The van der Waals surface area contributed by atoms with Crippen molar-refractivity contribution in [2.45, 2.75) is 9.92 Å². The van der Waals surface area contributed by atoms with Gasteiger partial charge in [-0.1, -0.05) is 47.6 Å². The molecule has 0 radical (unpaired) electrons. The zero-order valence-electron chi connectivity index (χ0n) is 9.88. The van der Waals surface area contributed by atoms with Gasteiger partial charge in [-0.05, 0) is 29.7 Å². The summed E-state index contributed by atoms with van der Waals surface area (Å²) in [4.78, 5) is 5.33. The normalized spacial score (nSPS) is 10.8. The molecule has 0 atom stereocenters. The summed E-state index contributed by atoms with van der Waals surface area (Å²) < 4.78 is 0. The fourth-order valence-corrected chi connectivity index (χ4v) is 2.88. The Morgan fingerprint density at radius 1 is 0.947 bits per heavy atom. The molecule has 0 saturated carbocycles. The molecule has 1 aromatic heterocycles. The summed E-state index contributed by atoms with van der Waals surface area (Å²) in [6, 6.07) is 15.1. The van der Waals surface area contributed by atoms with Crippen LogP contribution in [-0.2, 0) is 0 Å². The lowest BCUT2D eigenvalue weighted by Gasteiger charge is -2.07. The van der Waals surface area contributed by atoms with Gasteiger partial charge in [0.15, 0.2) is 0 Å². The van der Waals surface area contributed by atoms with Crippen molar-refractivity contribution in [2.24, 2.45) is 0 Å². The van der Waals surface area contributed by atoms with Crippen molar-refractivity contribution >= 4 is 34.1 Å². The molecule has 0 aliphatic heterocycles. The Balaban J connectivity index is 2.06. The van der Waals surface area contributed by atoms with Crippen LogP contribution >= 0.6 is 23.4 Å². The molecule has 1 heterocycles. The highest BCUT2D eigenvalue weighted by atomic mass is 35.5. The fourth-order valence-electron chi connectivity index (χ4n) is 1.88. The Labute approximate surface area is 120 Å². The molecule has 0 fully saturated rings. The smallest absolute Gasteiger partial charge is 0.123 e. The molecule has 0 aliphatic rings. The molecule has 0 saturated heterocycles. The van der Waals surface area contributed by atoms with Crippen molar-refractivity contribution in [2.75, 3.05) is 0 Å². The molecule has 0 aliphatic carbocycles. The first kappa shape index (κ1) is 12.3. The van der Waals surface area contributed by atoms with Crippen LogP contribution in [-0.4, -0.2) is 10.1 Å². The zero-order chi connectivity index (χ0) is 13.2. The highest BCUT2D eigenvalue weighted by Crippen LogP contribution is 2.36. The van der Waals surface area contributed by atoms with Gasteiger partial charge < -0.3 is 5.11 Å². The third-order valence-electron chi connectivity index (χ3n) is 2.78. The summed E-state index contributed by atoms with van der Waals surface area (Å²) in [7, 11) is 0. The van der Waals surface area contributed by atoms with E-state index in [1.54, 1.807) is 24.0 Å². The Morgan fingerprint density at radius 2 is 1.74 bits per heavy atom. The predicted molar refractivity (Wildman–Crippen MR) is 79.0 cm³/mol. The van der Waals surface area contributed by atoms with Gasteiger partial charge in [0.1, 0.15) is 10.8 Å². The van der Waals surface area contributed by atoms with Gasteiger partial charge in [0.25, 0.3) is 0 Å². The summed E-state index contributed by atoms with van der Waals surface area (Å²) in [6.07, 6.45) is 1.63. The van der Waals surface area contributed by atoms with E-state index in [-0.39, 0.29) is 0 Å². The van der Waals surface area contributed by atoms with E-state index in [1.165, 1.54) is 0 Å². The van der Waals surface area contributed by atoms with Crippen LogP contribution < -0.4 is 0 Å². The molecular weight excluding hydrogens is 278 g/mol. The third kappa shape index (κ3) is 2.53. The molecule has 0 unspecified atom stereocenters. The van der Waals surface area contributed by atoms with Gasteiger partial charge in [0, 0.05) is 16.5 Å². The number of benzene rings is 2. The molecule has 2 nitrogen and oxygen atoms in total. The summed E-state index contributed by atoms with van der Waals surface area (Å²) in [6.45, 7) is 0. The number of hydrogen-bond donors (Lipinski definition) is 1. The Kier molecular flexibility index (Phi) is 3.32.